The van der Waals surface area contributed by atoms with E-state index in [1.165, 1.54) is 44.9 Å². The molecule has 1 amide bonds. The van der Waals surface area contributed by atoms with Crippen LogP contribution in [0.4, 0.5) is 0 Å². The van der Waals surface area contributed by atoms with E-state index in [9.17, 15) is 9.59 Å². The number of carbonyl (C=O) groups excluding carboxylic acids is 1. The Labute approximate surface area is 170 Å². The monoisotopic (exact) mass is 389 g/mol. The second-order valence-corrected chi connectivity index (χ2v) is 10.9. The van der Waals surface area contributed by atoms with E-state index in [0.29, 0.717) is 29.2 Å². The largest absolute Gasteiger partial charge is 0.481 e. The topological polar surface area (TPSA) is 57.6 Å². The van der Waals surface area contributed by atoms with Crippen LogP contribution in [0.3, 0.4) is 0 Å². The van der Waals surface area contributed by atoms with Gasteiger partial charge in [-0.15, -0.1) is 0 Å². The molecule has 4 heteroatoms. The second kappa shape index (κ2) is 7.32. The minimum absolute atomic E-state index is 0.312. The lowest BCUT2D eigenvalue weighted by molar-refractivity contribution is -0.158. The number of amides is 1. The zero-order valence-electron chi connectivity index (χ0n) is 18.1. The van der Waals surface area contributed by atoms with Crippen LogP contribution < -0.4 is 0 Å². The minimum atomic E-state index is -0.656. The first-order valence-corrected chi connectivity index (χ1v) is 11.7. The summed E-state index contributed by atoms with van der Waals surface area (Å²) in [6, 6.07) is 0.451. The number of carbonyl (C=O) groups is 2. The Balaban J connectivity index is 1.46. The standard InChI is InChI=1S/C24H39NO3/c1-23-14-12-19-17(9-11-20-24(19,2)15-13-21(26)25(20)3)18(23)10-8-16(23)6-4-5-7-22(27)28/h16-20H,4-15H2,1-3H3,(H,27,28)/t16-,17-,18-,19-,20+,23+,24+/m0/s1. The number of hydrogen-bond acceptors (Lipinski definition) is 2. The highest BCUT2D eigenvalue weighted by Gasteiger charge is 2.60. The van der Waals surface area contributed by atoms with E-state index in [1.807, 2.05) is 7.05 Å². The smallest absolute Gasteiger partial charge is 0.303 e. The Morgan fingerprint density at radius 3 is 2.54 bits per heavy atom. The molecule has 1 aliphatic heterocycles. The fourth-order valence-corrected chi connectivity index (χ4v) is 8.40. The van der Waals surface area contributed by atoms with Crippen molar-refractivity contribution in [1.82, 2.24) is 4.90 Å². The van der Waals surface area contributed by atoms with Crippen molar-refractivity contribution in [3.8, 4) is 0 Å². The van der Waals surface area contributed by atoms with Crippen LogP contribution in [0.2, 0.25) is 0 Å². The molecule has 0 aromatic carbocycles. The lowest BCUT2D eigenvalue weighted by Gasteiger charge is -2.62. The molecule has 1 saturated heterocycles. The van der Waals surface area contributed by atoms with Gasteiger partial charge < -0.3 is 10.0 Å². The van der Waals surface area contributed by atoms with Crippen LogP contribution in [0.5, 0.6) is 0 Å². The molecule has 158 valence electrons. The zero-order chi connectivity index (χ0) is 20.1. The number of carboxylic acid groups (broad SMARTS) is 1. The van der Waals surface area contributed by atoms with Gasteiger partial charge in [0.15, 0.2) is 0 Å². The zero-order valence-corrected chi connectivity index (χ0v) is 18.1. The molecule has 0 bridgehead atoms. The SMILES string of the molecule is CN1C(=O)CC[C@]2(C)[C@H]3CC[C@]4(C)[C@@H](CCCCC(=O)O)CC[C@H]4[C@@H]3CC[C@@H]12. The number of carboxylic acids is 1. The average Bonchev–Trinajstić information content (AvgIpc) is 2.98. The quantitative estimate of drug-likeness (QED) is 0.665. The molecular weight excluding hydrogens is 350 g/mol. The molecular formula is C24H39NO3. The fraction of sp³-hybridized carbons (Fsp3) is 0.917. The van der Waals surface area contributed by atoms with Gasteiger partial charge in [-0.2, -0.15) is 0 Å². The van der Waals surface area contributed by atoms with Gasteiger partial charge in [0.1, 0.15) is 0 Å². The van der Waals surface area contributed by atoms with Gasteiger partial charge in [-0.3, -0.25) is 9.59 Å². The van der Waals surface area contributed by atoms with Crippen LogP contribution in [0, 0.1) is 34.5 Å². The van der Waals surface area contributed by atoms with E-state index in [1.54, 1.807) is 0 Å². The predicted molar refractivity (Wildman–Crippen MR) is 110 cm³/mol. The molecule has 4 fully saturated rings. The molecule has 1 N–H and O–H groups in total. The van der Waals surface area contributed by atoms with Gasteiger partial charge in [-0.1, -0.05) is 20.3 Å². The van der Waals surface area contributed by atoms with Gasteiger partial charge in [0, 0.05) is 25.9 Å². The average molecular weight is 390 g/mol. The van der Waals surface area contributed by atoms with Gasteiger partial charge in [0.2, 0.25) is 5.91 Å². The molecule has 7 atom stereocenters. The van der Waals surface area contributed by atoms with Gasteiger partial charge in [-0.25, -0.2) is 0 Å². The number of fused-ring (bicyclic) bond motifs is 5. The first kappa shape index (κ1) is 20.2. The summed E-state index contributed by atoms with van der Waals surface area (Å²) >= 11 is 0. The molecule has 3 saturated carbocycles. The van der Waals surface area contributed by atoms with Crippen molar-refractivity contribution < 1.29 is 14.7 Å². The van der Waals surface area contributed by atoms with Crippen molar-refractivity contribution in [2.75, 3.05) is 7.05 Å². The van der Waals surface area contributed by atoms with Crippen molar-refractivity contribution in [3.05, 3.63) is 0 Å². The maximum absolute atomic E-state index is 12.3. The predicted octanol–water partition coefficient (Wildman–Crippen LogP) is 5.11. The lowest BCUT2D eigenvalue weighted by atomic mass is 9.46. The molecule has 3 aliphatic carbocycles. The van der Waals surface area contributed by atoms with E-state index < -0.39 is 5.97 Å². The summed E-state index contributed by atoms with van der Waals surface area (Å²) in [7, 11) is 2.04. The third kappa shape index (κ3) is 3.10. The van der Waals surface area contributed by atoms with E-state index >= 15 is 0 Å². The van der Waals surface area contributed by atoms with Crippen LogP contribution >= 0.6 is 0 Å². The molecule has 0 aromatic rings. The summed E-state index contributed by atoms with van der Waals surface area (Å²) < 4.78 is 0. The van der Waals surface area contributed by atoms with Crippen molar-refractivity contribution in [2.45, 2.75) is 96.9 Å². The van der Waals surface area contributed by atoms with Crippen LogP contribution in [0.25, 0.3) is 0 Å². The second-order valence-electron chi connectivity index (χ2n) is 10.9. The van der Waals surface area contributed by atoms with Gasteiger partial charge in [0.05, 0.1) is 0 Å². The number of aliphatic carboxylic acids is 1. The third-order valence-corrected chi connectivity index (χ3v) is 9.95. The van der Waals surface area contributed by atoms with Gasteiger partial charge >= 0.3 is 5.97 Å². The van der Waals surface area contributed by atoms with Gasteiger partial charge in [-0.05, 0) is 92.3 Å². The summed E-state index contributed by atoms with van der Waals surface area (Å²) in [5.41, 5.74) is 0.774. The first-order chi connectivity index (χ1) is 13.3. The highest BCUT2D eigenvalue weighted by Crippen LogP contribution is 2.66. The number of likely N-dealkylation sites (tertiary alicyclic amines) is 1. The number of hydrogen-bond donors (Lipinski definition) is 1. The number of rotatable bonds is 5. The van der Waals surface area contributed by atoms with Crippen molar-refractivity contribution in [2.24, 2.45) is 34.5 Å². The Kier molecular flexibility index (Phi) is 5.29. The third-order valence-electron chi connectivity index (χ3n) is 9.95. The van der Waals surface area contributed by atoms with Crippen LogP contribution in [0.15, 0.2) is 0 Å². The molecule has 0 aromatic heterocycles. The van der Waals surface area contributed by atoms with Crippen LogP contribution in [-0.2, 0) is 9.59 Å². The summed E-state index contributed by atoms with van der Waals surface area (Å²) in [4.78, 5) is 25.2. The first-order valence-electron chi connectivity index (χ1n) is 11.7. The van der Waals surface area contributed by atoms with Crippen molar-refractivity contribution in [1.29, 1.82) is 0 Å². The molecule has 4 nitrogen and oxygen atoms in total. The van der Waals surface area contributed by atoms with Gasteiger partial charge in [0.25, 0.3) is 0 Å². The number of nitrogens with zero attached hydrogens (tertiary/aromatic N) is 1. The maximum atomic E-state index is 12.3. The van der Waals surface area contributed by atoms with E-state index in [4.69, 9.17) is 5.11 Å². The van der Waals surface area contributed by atoms with E-state index in [2.05, 4.69) is 18.7 Å². The van der Waals surface area contributed by atoms with Crippen LogP contribution in [-0.4, -0.2) is 35.0 Å². The minimum Gasteiger partial charge on any atom is -0.481 e. The molecule has 28 heavy (non-hydrogen) atoms. The summed E-state index contributed by atoms with van der Waals surface area (Å²) in [5.74, 6) is 2.95. The Morgan fingerprint density at radius 2 is 1.79 bits per heavy atom. The molecule has 1 heterocycles. The van der Waals surface area contributed by atoms with Crippen LogP contribution in [0.1, 0.15) is 90.9 Å². The summed E-state index contributed by atoms with van der Waals surface area (Å²) in [5, 5.41) is 8.90. The van der Waals surface area contributed by atoms with Crippen molar-refractivity contribution >= 4 is 11.9 Å². The lowest BCUT2D eigenvalue weighted by Crippen LogP contribution is -2.61. The highest BCUT2D eigenvalue weighted by molar-refractivity contribution is 5.77. The Hall–Kier alpha value is -1.06. The summed E-state index contributed by atoms with van der Waals surface area (Å²) in [6.07, 6.45) is 13.1. The highest BCUT2D eigenvalue weighted by atomic mass is 16.4. The molecule has 0 unspecified atom stereocenters. The molecule has 0 spiro atoms. The van der Waals surface area contributed by atoms with E-state index in [0.717, 1.165) is 49.4 Å². The van der Waals surface area contributed by atoms with Crippen molar-refractivity contribution in [3.63, 3.8) is 0 Å². The Morgan fingerprint density at radius 1 is 1.04 bits per heavy atom. The molecule has 4 aliphatic rings. The molecule has 4 rings (SSSR count). The Bertz CT molecular complexity index is 633. The fourth-order valence-electron chi connectivity index (χ4n) is 8.40. The van der Waals surface area contributed by atoms with E-state index in [-0.39, 0.29) is 0 Å². The molecule has 0 radical (unpaired) electrons. The maximum Gasteiger partial charge on any atom is 0.303 e. The number of piperidine rings is 1. The summed E-state index contributed by atoms with van der Waals surface area (Å²) in [6.45, 7) is 5.06. The number of unbranched alkanes of at least 4 members (excludes halogenated alkanes) is 1. The normalized spacial score (nSPS) is 45.3.